The fraction of sp³-hybridized carbons (Fsp3) is 0.684. The molecule has 25 heavy (non-hydrogen) atoms. The van der Waals surface area contributed by atoms with Gasteiger partial charge in [-0.3, -0.25) is 9.78 Å². The highest BCUT2D eigenvalue weighted by Gasteiger charge is 2.36. The van der Waals surface area contributed by atoms with Crippen LogP contribution in [0.5, 0.6) is 0 Å². The number of pyridine rings is 1. The molecule has 0 saturated carbocycles. The lowest BCUT2D eigenvalue weighted by Crippen LogP contribution is -2.42. The molecule has 0 fully saturated rings. The second-order valence-corrected chi connectivity index (χ2v) is 13.6. The van der Waals surface area contributed by atoms with Gasteiger partial charge in [0.15, 0.2) is 8.32 Å². The summed E-state index contributed by atoms with van der Waals surface area (Å²) in [6, 6.07) is 3.64. The van der Waals surface area contributed by atoms with E-state index < -0.39 is 8.32 Å². The Morgan fingerprint density at radius 2 is 1.84 bits per heavy atom. The molecule has 0 saturated heterocycles. The molecule has 6 heteroatoms. The molecule has 1 aromatic rings. The molecular weight excluding hydrogens is 332 g/mol. The first-order valence-corrected chi connectivity index (χ1v) is 11.7. The van der Waals surface area contributed by atoms with E-state index in [4.69, 9.17) is 9.16 Å². The van der Waals surface area contributed by atoms with Crippen molar-refractivity contribution in [3.05, 3.63) is 29.6 Å². The molecule has 5 nitrogen and oxygen atoms in total. The van der Waals surface area contributed by atoms with Crippen LogP contribution >= 0.6 is 0 Å². The largest absolute Gasteiger partial charge is 0.415 e. The van der Waals surface area contributed by atoms with Crippen LogP contribution in [0.4, 0.5) is 0 Å². The van der Waals surface area contributed by atoms with Gasteiger partial charge in [-0.05, 0) is 56.6 Å². The number of carbonyl (C=O) groups excluding carboxylic acids is 1. The summed E-state index contributed by atoms with van der Waals surface area (Å²) >= 11 is 0. The van der Waals surface area contributed by atoms with Crippen LogP contribution in [-0.2, 0) is 15.8 Å². The standard InChI is InChI=1S/C19H34N2O3Si/c1-18(2,3)23-14-15-9-10-20-16(13-15)17(22)21-11-12-24-25(7,8)19(4,5)6/h9-10,13H,11-12,14H2,1-8H3,(H,21,22). The van der Waals surface area contributed by atoms with Gasteiger partial charge in [-0.1, -0.05) is 20.8 Å². The third kappa shape index (κ3) is 7.67. The van der Waals surface area contributed by atoms with Crippen molar-refractivity contribution < 1.29 is 14.0 Å². The predicted octanol–water partition coefficient (Wildman–Crippen LogP) is 4.15. The summed E-state index contributed by atoms with van der Waals surface area (Å²) in [5.74, 6) is -0.184. The van der Waals surface area contributed by atoms with E-state index in [9.17, 15) is 4.79 Å². The zero-order valence-electron chi connectivity index (χ0n) is 17.0. The summed E-state index contributed by atoms with van der Waals surface area (Å²) in [6.07, 6.45) is 1.64. The van der Waals surface area contributed by atoms with E-state index >= 15 is 0 Å². The van der Waals surface area contributed by atoms with Crippen LogP contribution in [0.25, 0.3) is 0 Å². The second kappa shape index (κ2) is 8.43. The number of hydrogen-bond donors (Lipinski definition) is 1. The first kappa shape index (κ1) is 21.8. The average molecular weight is 367 g/mol. The molecule has 0 bridgehead atoms. The van der Waals surface area contributed by atoms with E-state index in [1.165, 1.54) is 0 Å². The maximum Gasteiger partial charge on any atom is 0.269 e. The van der Waals surface area contributed by atoms with Gasteiger partial charge in [-0.2, -0.15) is 0 Å². The predicted molar refractivity (Wildman–Crippen MR) is 104 cm³/mol. The van der Waals surface area contributed by atoms with Crippen LogP contribution < -0.4 is 5.32 Å². The molecule has 0 aromatic carbocycles. The number of carbonyl (C=O) groups is 1. The Morgan fingerprint density at radius 3 is 2.40 bits per heavy atom. The summed E-state index contributed by atoms with van der Waals surface area (Å²) in [6.45, 7) is 18.5. The first-order chi connectivity index (χ1) is 11.3. The minimum atomic E-state index is -1.78. The van der Waals surface area contributed by atoms with Crippen molar-refractivity contribution >= 4 is 14.2 Å². The van der Waals surface area contributed by atoms with Gasteiger partial charge in [0.05, 0.1) is 18.8 Å². The van der Waals surface area contributed by atoms with Crippen LogP contribution in [0.15, 0.2) is 18.3 Å². The molecule has 1 rings (SSSR count). The smallest absolute Gasteiger partial charge is 0.269 e. The minimum Gasteiger partial charge on any atom is -0.415 e. The van der Waals surface area contributed by atoms with Crippen molar-refractivity contribution in [2.45, 2.75) is 71.9 Å². The average Bonchev–Trinajstić information content (AvgIpc) is 2.48. The Morgan fingerprint density at radius 1 is 1.20 bits per heavy atom. The lowest BCUT2D eigenvalue weighted by molar-refractivity contribution is -0.0150. The van der Waals surface area contributed by atoms with Gasteiger partial charge in [-0.15, -0.1) is 0 Å². The van der Waals surface area contributed by atoms with Crippen LogP contribution in [0.2, 0.25) is 18.1 Å². The molecule has 0 aliphatic carbocycles. The van der Waals surface area contributed by atoms with Crippen molar-refractivity contribution in [1.29, 1.82) is 0 Å². The third-order valence-corrected chi connectivity index (χ3v) is 8.92. The highest BCUT2D eigenvalue weighted by molar-refractivity contribution is 6.74. The van der Waals surface area contributed by atoms with E-state index in [0.717, 1.165) is 5.56 Å². The fourth-order valence-corrected chi connectivity index (χ4v) is 2.81. The van der Waals surface area contributed by atoms with Gasteiger partial charge in [0.25, 0.3) is 5.91 Å². The second-order valence-electron chi connectivity index (χ2n) is 8.82. The molecule has 1 aromatic heterocycles. The SMILES string of the molecule is CC(C)(C)OCc1ccnc(C(=O)NCCO[Si](C)(C)C(C)(C)C)c1. The number of nitrogens with zero attached hydrogens (tertiary/aromatic N) is 1. The Hall–Kier alpha value is -1.24. The third-order valence-electron chi connectivity index (χ3n) is 4.39. The molecule has 0 spiro atoms. The van der Waals surface area contributed by atoms with Crippen LogP contribution in [0.3, 0.4) is 0 Å². The van der Waals surface area contributed by atoms with Gasteiger partial charge in [0, 0.05) is 12.7 Å². The van der Waals surface area contributed by atoms with Gasteiger partial charge >= 0.3 is 0 Å². The normalized spacial score (nSPS) is 13.0. The molecular formula is C19H34N2O3Si. The van der Waals surface area contributed by atoms with Crippen molar-refractivity contribution in [3.63, 3.8) is 0 Å². The van der Waals surface area contributed by atoms with E-state index in [2.05, 4.69) is 44.2 Å². The first-order valence-electron chi connectivity index (χ1n) is 8.83. The topological polar surface area (TPSA) is 60.5 Å². The maximum absolute atomic E-state index is 12.3. The van der Waals surface area contributed by atoms with Gasteiger partial charge < -0.3 is 14.5 Å². The summed E-state index contributed by atoms with van der Waals surface area (Å²) in [5.41, 5.74) is 1.13. The summed E-state index contributed by atoms with van der Waals surface area (Å²) in [7, 11) is -1.78. The number of rotatable bonds is 7. The summed E-state index contributed by atoms with van der Waals surface area (Å²) in [5, 5.41) is 3.04. The van der Waals surface area contributed by atoms with E-state index in [1.54, 1.807) is 12.3 Å². The van der Waals surface area contributed by atoms with Gasteiger partial charge in [-0.25, -0.2) is 0 Å². The number of ether oxygens (including phenoxy) is 1. The van der Waals surface area contributed by atoms with E-state index in [1.807, 2.05) is 26.8 Å². The Bertz CT molecular complexity index is 575. The zero-order chi connectivity index (χ0) is 19.3. The van der Waals surface area contributed by atoms with E-state index in [-0.39, 0.29) is 16.5 Å². The molecule has 1 heterocycles. The number of amides is 1. The molecule has 0 unspecified atom stereocenters. The Balaban J connectivity index is 2.50. The lowest BCUT2D eigenvalue weighted by Gasteiger charge is -2.36. The Labute approximate surface area is 153 Å². The lowest BCUT2D eigenvalue weighted by atomic mass is 10.2. The molecule has 142 valence electrons. The van der Waals surface area contributed by atoms with Crippen LogP contribution in [0, 0.1) is 0 Å². The summed E-state index contributed by atoms with van der Waals surface area (Å²) in [4.78, 5) is 16.4. The quantitative estimate of drug-likeness (QED) is 0.582. The zero-order valence-corrected chi connectivity index (χ0v) is 18.0. The monoisotopic (exact) mass is 366 g/mol. The molecule has 1 amide bonds. The van der Waals surface area contributed by atoms with Crippen molar-refractivity contribution in [3.8, 4) is 0 Å². The molecule has 0 radical (unpaired) electrons. The molecule has 0 aliphatic rings. The molecule has 0 aliphatic heterocycles. The maximum atomic E-state index is 12.3. The van der Waals surface area contributed by atoms with Crippen molar-refractivity contribution in [1.82, 2.24) is 10.3 Å². The van der Waals surface area contributed by atoms with E-state index in [0.29, 0.717) is 25.5 Å². The van der Waals surface area contributed by atoms with Crippen LogP contribution in [-0.4, -0.2) is 38.0 Å². The molecule has 1 N–H and O–H groups in total. The highest BCUT2D eigenvalue weighted by atomic mass is 28.4. The molecule has 0 atom stereocenters. The number of nitrogens with one attached hydrogen (secondary N) is 1. The van der Waals surface area contributed by atoms with Crippen molar-refractivity contribution in [2.75, 3.05) is 13.2 Å². The number of aromatic nitrogens is 1. The van der Waals surface area contributed by atoms with Gasteiger partial charge in [0.1, 0.15) is 5.69 Å². The highest BCUT2D eigenvalue weighted by Crippen LogP contribution is 2.36. The van der Waals surface area contributed by atoms with Crippen LogP contribution in [0.1, 0.15) is 57.6 Å². The fourth-order valence-electron chi connectivity index (χ4n) is 1.77. The minimum absolute atomic E-state index is 0.167. The summed E-state index contributed by atoms with van der Waals surface area (Å²) < 4.78 is 11.8. The van der Waals surface area contributed by atoms with Crippen molar-refractivity contribution in [2.24, 2.45) is 0 Å². The van der Waals surface area contributed by atoms with Gasteiger partial charge in [0.2, 0.25) is 0 Å². The number of hydrogen-bond acceptors (Lipinski definition) is 4. The Kier molecular flexibility index (Phi) is 7.35.